The van der Waals surface area contributed by atoms with Crippen molar-refractivity contribution >= 4 is 11.7 Å². The molecule has 2 atom stereocenters. The van der Waals surface area contributed by atoms with Crippen LogP contribution in [0.4, 0.5) is 10.5 Å². The molecule has 1 aromatic heterocycles. The lowest BCUT2D eigenvalue weighted by atomic mass is 10.0. The van der Waals surface area contributed by atoms with Crippen LogP contribution in [0.2, 0.25) is 0 Å². The second-order valence-corrected chi connectivity index (χ2v) is 9.40. The van der Waals surface area contributed by atoms with E-state index in [4.69, 9.17) is 4.74 Å². The van der Waals surface area contributed by atoms with Gasteiger partial charge in [-0.05, 0) is 48.6 Å². The molecule has 3 heterocycles. The molecule has 2 unspecified atom stereocenters. The van der Waals surface area contributed by atoms with Crippen LogP contribution in [-0.4, -0.2) is 58.8 Å². The number of rotatable bonds is 6. The summed E-state index contributed by atoms with van der Waals surface area (Å²) < 4.78 is 7.44. The Bertz CT molecular complexity index is 1160. The molecule has 0 bridgehead atoms. The molecule has 34 heavy (non-hydrogen) atoms. The van der Waals surface area contributed by atoms with Crippen LogP contribution >= 0.6 is 0 Å². The molecule has 176 valence electrons. The molecular weight excluding hydrogens is 426 g/mol. The lowest BCUT2D eigenvalue weighted by Crippen LogP contribution is -2.36. The summed E-state index contributed by atoms with van der Waals surface area (Å²) in [6.45, 7) is 10.3. The number of nitrogens with zero attached hydrogens (tertiary/aromatic N) is 5. The molecule has 2 aromatic carbocycles. The normalized spacial score (nSPS) is 19.8. The molecule has 5 rings (SSSR count). The van der Waals surface area contributed by atoms with Crippen molar-refractivity contribution in [2.45, 2.75) is 13.5 Å². The minimum atomic E-state index is -0.0481. The number of likely N-dealkylation sites (tertiary alicyclic amines) is 2. The van der Waals surface area contributed by atoms with Crippen LogP contribution in [-0.2, 0) is 6.54 Å². The smallest absolute Gasteiger partial charge is 0.344 e. The molecule has 1 amide bonds. The van der Waals surface area contributed by atoms with Gasteiger partial charge >= 0.3 is 6.03 Å². The number of amides is 1. The standard InChI is InChI=1S/C27H31N5O2/c1-20(2)29(3)24-13-28-32(19-24)27(33)31-17-22-15-30(16-23(22)18-31)14-21-8-7-11-26(12-21)34-25-9-5-4-6-10-25/h4-13,19,22-23H,1,14-18H2,2-3H3. The predicted molar refractivity (Wildman–Crippen MR) is 133 cm³/mol. The average Bonchev–Trinajstić information content (AvgIpc) is 3.54. The molecule has 2 fully saturated rings. The Balaban J connectivity index is 1.16. The number of allylic oxidation sites excluding steroid dienone is 1. The molecule has 2 saturated heterocycles. The summed E-state index contributed by atoms with van der Waals surface area (Å²) in [6, 6.07) is 18.1. The maximum Gasteiger partial charge on any atom is 0.344 e. The number of aromatic nitrogens is 2. The predicted octanol–water partition coefficient (Wildman–Crippen LogP) is 4.68. The zero-order valence-electron chi connectivity index (χ0n) is 19.8. The quantitative estimate of drug-likeness (QED) is 0.538. The van der Waals surface area contributed by atoms with Crippen molar-refractivity contribution < 1.29 is 9.53 Å². The Hall–Kier alpha value is -3.58. The molecule has 2 aliphatic heterocycles. The van der Waals surface area contributed by atoms with Crippen LogP contribution in [0.3, 0.4) is 0 Å². The van der Waals surface area contributed by atoms with Crippen molar-refractivity contribution in [3.8, 4) is 11.5 Å². The van der Waals surface area contributed by atoms with Crippen LogP contribution in [0.25, 0.3) is 0 Å². The fourth-order valence-corrected chi connectivity index (χ4v) is 4.92. The molecule has 0 spiro atoms. The molecular formula is C27H31N5O2. The molecule has 3 aromatic rings. The lowest BCUT2D eigenvalue weighted by molar-refractivity contribution is 0.197. The molecule has 2 aliphatic rings. The van der Waals surface area contributed by atoms with E-state index in [2.05, 4.69) is 34.8 Å². The topological polar surface area (TPSA) is 53.8 Å². The number of anilines is 1. The maximum atomic E-state index is 13.0. The first kappa shape index (κ1) is 22.2. The third-order valence-electron chi connectivity index (χ3n) is 6.84. The highest BCUT2D eigenvalue weighted by Gasteiger charge is 2.42. The lowest BCUT2D eigenvalue weighted by Gasteiger charge is -2.21. The van der Waals surface area contributed by atoms with Crippen molar-refractivity contribution in [2.24, 2.45) is 11.8 Å². The average molecular weight is 458 g/mol. The summed E-state index contributed by atoms with van der Waals surface area (Å²) in [6.07, 6.45) is 3.49. The monoisotopic (exact) mass is 457 g/mol. The van der Waals surface area contributed by atoms with Gasteiger partial charge in [-0.1, -0.05) is 36.9 Å². The van der Waals surface area contributed by atoms with Gasteiger partial charge in [0.25, 0.3) is 0 Å². The molecule has 0 saturated carbocycles. The summed E-state index contributed by atoms with van der Waals surface area (Å²) in [4.78, 5) is 19.4. The van der Waals surface area contributed by atoms with Crippen molar-refractivity contribution in [1.82, 2.24) is 19.6 Å². The SMILES string of the molecule is C=C(C)N(C)c1cnn(C(=O)N2CC3CN(Cc4cccc(Oc5ccccc5)c4)CC3C2)c1. The number of benzene rings is 2. The Labute approximate surface area is 200 Å². The minimum absolute atomic E-state index is 0.0481. The fraction of sp³-hybridized carbons (Fsp3) is 0.333. The van der Waals surface area contributed by atoms with E-state index < -0.39 is 0 Å². The highest BCUT2D eigenvalue weighted by atomic mass is 16.5. The largest absolute Gasteiger partial charge is 0.457 e. The van der Waals surface area contributed by atoms with Gasteiger partial charge in [-0.2, -0.15) is 9.78 Å². The molecule has 0 N–H and O–H groups in total. The fourth-order valence-electron chi connectivity index (χ4n) is 4.92. The number of ether oxygens (including phenoxy) is 1. The van der Waals surface area contributed by atoms with E-state index >= 15 is 0 Å². The summed E-state index contributed by atoms with van der Waals surface area (Å²) in [7, 11) is 1.92. The Kier molecular flexibility index (Phi) is 6.11. The van der Waals surface area contributed by atoms with Gasteiger partial charge in [0.2, 0.25) is 0 Å². The van der Waals surface area contributed by atoms with Crippen LogP contribution in [0.1, 0.15) is 12.5 Å². The summed E-state index contributed by atoms with van der Waals surface area (Å²) in [5.74, 6) is 2.70. The Morgan fingerprint density at radius 3 is 2.47 bits per heavy atom. The summed E-state index contributed by atoms with van der Waals surface area (Å²) in [5, 5.41) is 4.29. The first-order valence-corrected chi connectivity index (χ1v) is 11.7. The number of carbonyl (C=O) groups is 1. The van der Waals surface area contributed by atoms with E-state index in [0.29, 0.717) is 11.8 Å². The summed E-state index contributed by atoms with van der Waals surface area (Å²) >= 11 is 0. The van der Waals surface area contributed by atoms with E-state index in [9.17, 15) is 4.79 Å². The number of fused-ring (bicyclic) bond motifs is 1. The number of hydrogen-bond donors (Lipinski definition) is 0. The maximum absolute atomic E-state index is 13.0. The zero-order chi connectivity index (χ0) is 23.7. The van der Waals surface area contributed by atoms with Crippen molar-refractivity contribution in [3.63, 3.8) is 0 Å². The number of carbonyl (C=O) groups excluding carboxylic acids is 1. The Morgan fingerprint density at radius 2 is 1.76 bits per heavy atom. The van der Waals surface area contributed by atoms with E-state index in [-0.39, 0.29) is 6.03 Å². The van der Waals surface area contributed by atoms with Gasteiger partial charge in [0, 0.05) is 45.5 Å². The van der Waals surface area contributed by atoms with Gasteiger partial charge in [-0.15, -0.1) is 0 Å². The highest BCUT2D eigenvalue weighted by molar-refractivity contribution is 5.77. The van der Waals surface area contributed by atoms with Crippen molar-refractivity contribution in [2.75, 3.05) is 38.1 Å². The zero-order valence-corrected chi connectivity index (χ0v) is 19.8. The van der Waals surface area contributed by atoms with Crippen LogP contribution in [0.15, 0.2) is 79.3 Å². The minimum Gasteiger partial charge on any atom is -0.457 e. The second kappa shape index (κ2) is 9.35. The van der Waals surface area contributed by atoms with E-state index in [0.717, 1.165) is 55.6 Å². The van der Waals surface area contributed by atoms with Crippen molar-refractivity contribution in [3.05, 3.63) is 84.8 Å². The van der Waals surface area contributed by atoms with Crippen LogP contribution in [0, 0.1) is 11.8 Å². The van der Waals surface area contributed by atoms with Gasteiger partial charge in [0.15, 0.2) is 0 Å². The Morgan fingerprint density at radius 1 is 1.06 bits per heavy atom. The van der Waals surface area contributed by atoms with Gasteiger partial charge < -0.3 is 14.5 Å². The van der Waals surface area contributed by atoms with Gasteiger partial charge in [0.05, 0.1) is 18.1 Å². The number of hydrogen-bond acceptors (Lipinski definition) is 5. The van der Waals surface area contributed by atoms with Crippen LogP contribution < -0.4 is 9.64 Å². The first-order valence-electron chi connectivity index (χ1n) is 11.7. The molecule has 0 radical (unpaired) electrons. The summed E-state index contributed by atoms with van der Waals surface area (Å²) in [5.41, 5.74) is 3.01. The molecule has 7 heteroatoms. The van der Waals surface area contributed by atoms with Crippen molar-refractivity contribution in [1.29, 1.82) is 0 Å². The van der Waals surface area contributed by atoms with Gasteiger partial charge in [0.1, 0.15) is 11.5 Å². The number of para-hydroxylation sites is 1. The van der Waals surface area contributed by atoms with Gasteiger partial charge in [-0.3, -0.25) is 4.90 Å². The second-order valence-electron chi connectivity index (χ2n) is 9.40. The van der Waals surface area contributed by atoms with Crippen LogP contribution in [0.5, 0.6) is 11.5 Å². The van der Waals surface area contributed by atoms with E-state index in [1.165, 1.54) is 10.2 Å². The van der Waals surface area contributed by atoms with Gasteiger partial charge in [-0.25, -0.2) is 4.79 Å². The molecule has 0 aliphatic carbocycles. The van der Waals surface area contributed by atoms with E-state index in [1.54, 1.807) is 12.4 Å². The third kappa shape index (κ3) is 4.70. The third-order valence-corrected chi connectivity index (χ3v) is 6.84. The molecule has 7 nitrogen and oxygen atoms in total. The first-order chi connectivity index (χ1) is 16.5. The highest BCUT2D eigenvalue weighted by Crippen LogP contribution is 2.33. The van der Waals surface area contributed by atoms with E-state index in [1.807, 2.05) is 60.2 Å².